The van der Waals surface area contributed by atoms with Crippen LogP contribution in [-0.2, 0) is 9.53 Å². The number of nitrogens with one attached hydrogen (secondary N) is 4. The van der Waals surface area contributed by atoms with E-state index in [0.717, 1.165) is 30.5 Å². The Labute approximate surface area is 158 Å². The number of ether oxygens (including phenoxy) is 1. The minimum atomic E-state index is -0.564. The molecule has 0 spiro atoms. The third kappa shape index (κ3) is 4.71. The Balaban J connectivity index is 1.91. The summed E-state index contributed by atoms with van der Waals surface area (Å²) in [6.07, 6.45) is 4.36. The molecule has 2 bridgehead atoms. The third-order valence-corrected chi connectivity index (χ3v) is 5.02. The van der Waals surface area contributed by atoms with Crippen molar-refractivity contribution in [1.82, 2.24) is 10.6 Å². The third-order valence-electron chi connectivity index (χ3n) is 5.02. The van der Waals surface area contributed by atoms with Crippen molar-refractivity contribution in [2.75, 3.05) is 17.7 Å². The number of carbonyl (C=O) groups excluding carboxylic acids is 2. The van der Waals surface area contributed by atoms with E-state index in [2.05, 4.69) is 32.9 Å². The zero-order valence-electron chi connectivity index (χ0n) is 15.7. The first-order valence-corrected chi connectivity index (χ1v) is 9.24. The number of fused-ring (bicyclic) bond motifs is 4. The molecule has 3 atom stereocenters. The molecule has 146 valence electrons. The van der Waals surface area contributed by atoms with Crippen LogP contribution in [0.15, 0.2) is 24.4 Å². The highest BCUT2D eigenvalue weighted by molar-refractivity contribution is 5.96. The summed E-state index contributed by atoms with van der Waals surface area (Å²) >= 11 is 0. The van der Waals surface area contributed by atoms with E-state index < -0.39 is 6.09 Å². The number of hydrogen-bond donors (Lipinski definition) is 5. The smallest absolute Gasteiger partial charge is 0.411 e. The normalized spacial score (nSPS) is 25.2. The molecule has 0 aliphatic carbocycles. The predicted octanol–water partition coefficient (Wildman–Crippen LogP) is 2.16. The number of nitrogens with two attached hydrogens (primary N) is 1. The lowest BCUT2D eigenvalue weighted by molar-refractivity contribution is -0.116. The van der Waals surface area contributed by atoms with Crippen LogP contribution in [-0.4, -0.2) is 31.3 Å². The van der Waals surface area contributed by atoms with Gasteiger partial charge in [-0.3, -0.25) is 10.1 Å². The summed E-state index contributed by atoms with van der Waals surface area (Å²) < 4.78 is 4.63. The predicted molar refractivity (Wildman–Crippen MR) is 105 cm³/mol. The number of benzene rings is 1. The summed E-state index contributed by atoms with van der Waals surface area (Å²) in [5, 5.41) is 12.3. The van der Waals surface area contributed by atoms with Gasteiger partial charge in [0.1, 0.15) is 6.17 Å². The van der Waals surface area contributed by atoms with Crippen molar-refractivity contribution in [3.8, 4) is 0 Å². The van der Waals surface area contributed by atoms with Crippen molar-refractivity contribution in [3.63, 3.8) is 0 Å². The van der Waals surface area contributed by atoms with Crippen LogP contribution in [0.2, 0.25) is 0 Å². The summed E-state index contributed by atoms with van der Waals surface area (Å²) in [6.45, 7) is 2.14. The molecule has 0 fully saturated rings. The van der Waals surface area contributed by atoms with E-state index in [0.29, 0.717) is 23.7 Å². The molecule has 0 aromatic heterocycles. The zero-order valence-corrected chi connectivity index (χ0v) is 15.7. The molecule has 2 amide bonds. The number of methoxy groups -OCH3 is 1. The summed E-state index contributed by atoms with van der Waals surface area (Å²) in [6, 6.07) is 5.30. The van der Waals surface area contributed by atoms with Gasteiger partial charge in [-0.25, -0.2) is 4.79 Å². The number of amides is 2. The van der Waals surface area contributed by atoms with E-state index >= 15 is 0 Å². The first-order chi connectivity index (χ1) is 13.0. The summed E-state index contributed by atoms with van der Waals surface area (Å²) in [5.74, 6) is 0.369. The molecule has 2 aliphatic rings. The van der Waals surface area contributed by atoms with Crippen LogP contribution in [0.4, 0.5) is 16.2 Å². The van der Waals surface area contributed by atoms with Gasteiger partial charge in [-0.05, 0) is 43.4 Å². The summed E-state index contributed by atoms with van der Waals surface area (Å²) in [5.41, 5.74) is 9.17. The topological polar surface area (TPSA) is 118 Å². The van der Waals surface area contributed by atoms with Gasteiger partial charge in [0.25, 0.3) is 0 Å². The van der Waals surface area contributed by atoms with E-state index in [1.807, 2.05) is 12.3 Å². The van der Waals surface area contributed by atoms with Crippen molar-refractivity contribution in [2.24, 2.45) is 11.7 Å². The quantitative estimate of drug-likeness (QED) is 0.515. The van der Waals surface area contributed by atoms with Gasteiger partial charge in [0, 0.05) is 29.9 Å². The molecule has 3 rings (SSSR count). The molecule has 1 aromatic rings. The number of anilines is 2. The van der Waals surface area contributed by atoms with E-state index in [-0.39, 0.29) is 18.1 Å². The van der Waals surface area contributed by atoms with Crippen LogP contribution in [0, 0.1) is 5.92 Å². The van der Waals surface area contributed by atoms with Crippen molar-refractivity contribution < 1.29 is 14.3 Å². The molecule has 8 heteroatoms. The fraction of sp³-hybridized carbons (Fsp3) is 0.474. The van der Waals surface area contributed by atoms with Gasteiger partial charge >= 0.3 is 6.09 Å². The second-order valence-electron chi connectivity index (χ2n) is 7.16. The molecule has 2 unspecified atom stereocenters. The van der Waals surface area contributed by atoms with Crippen molar-refractivity contribution >= 4 is 29.1 Å². The van der Waals surface area contributed by atoms with E-state index in [9.17, 15) is 9.59 Å². The van der Waals surface area contributed by atoms with Gasteiger partial charge in [0.15, 0.2) is 0 Å². The average molecular weight is 373 g/mol. The van der Waals surface area contributed by atoms with Gasteiger partial charge in [-0.2, -0.15) is 0 Å². The molecular formula is C19H27N5O3. The largest absolute Gasteiger partial charge is 0.453 e. The lowest BCUT2D eigenvalue weighted by Crippen LogP contribution is -2.48. The molecule has 0 saturated heterocycles. The number of hydrogen-bond acceptors (Lipinski definition) is 6. The monoisotopic (exact) mass is 373 g/mol. The summed E-state index contributed by atoms with van der Waals surface area (Å²) in [7, 11) is 1.30. The Morgan fingerprint density at radius 3 is 2.89 bits per heavy atom. The Hall–Kier alpha value is -2.74. The van der Waals surface area contributed by atoms with Crippen LogP contribution in [0.25, 0.3) is 5.70 Å². The first-order valence-electron chi connectivity index (χ1n) is 9.24. The van der Waals surface area contributed by atoms with Crippen LogP contribution < -0.4 is 27.0 Å². The number of carbonyl (C=O) groups is 2. The molecule has 0 saturated carbocycles. The maximum atomic E-state index is 12.4. The van der Waals surface area contributed by atoms with Crippen LogP contribution >= 0.6 is 0 Å². The van der Waals surface area contributed by atoms with Gasteiger partial charge in [-0.1, -0.05) is 6.92 Å². The van der Waals surface area contributed by atoms with E-state index in [4.69, 9.17) is 5.73 Å². The zero-order chi connectivity index (χ0) is 19.4. The Bertz CT molecular complexity index is 749. The van der Waals surface area contributed by atoms with Gasteiger partial charge in [0.05, 0.1) is 18.5 Å². The van der Waals surface area contributed by atoms with E-state index in [1.54, 1.807) is 12.1 Å². The minimum Gasteiger partial charge on any atom is -0.453 e. The van der Waals surface area contributed by atoms with E-state index in [1.165, 1.54) is 7.11 Å². The number of rotatable bonds is 1. The molecular weight excluding hydrogens is 346 g/mol. The fourth-order valence-corrected chi connectivity index (χ4v) is 3.32. The lowest BCUT2D eigenvalue weighted by atomic mass is 9.96. The van der Waals surface area contributed by atoms with Crippen LogP contribution in [0.5, 0.6) is 0 Å². The highest BCUT2D eigenvalue weighted by Crippen LogP contribution is 2.29. The maximum Gasteiger partial charge on any atom is 0.411 e. The van der Waals surface area contributed by atoms with Crippen LogP contribution in [0.3, 0.4) is 0 Å². The Kier molecular flexibility index (Phi) is 5.85. The SMILES string of the molecule is COC(=O)Nc1ccc2c(c1)NC(=O)CCC(C)CC[C@H](N)C1NC=C2N1. The lowest BCUT2D eigenvalue weighted by Gasteiger charge is -2.23. The van der Waals surface area contributed by atoms with Crippen molar-refractivity contribution in [3.05, 3.63) is 30.0 Å². The average Bonchev–Trinajstić information content (AvgIpc) is 3.14. The van der Waals surface area contributed by atoms with Crippen LogP contribution in [0.1, 0.15) is 38.2 Å². The maximum absolute atomic E-state index is 12.4. The molecule has 8 nitrogen and oxygen atoms in total. The Morgan fingerprint density at radius 1 is 1.30 bits per heavy atom. The fourth-order valence-electron chi connectivity index (χ4n) is 3.32. The molecule has 1 aromatic carbocycles. The second kappa shape index (κ2) is 8.30. The van der Waals surface area contributed by atoms with Gasteiger partial charge in [0.2, 0.25) is 5.91 Å². The minimum absolute atomic E-state index is 0.0330. The first kappa shape index (κ1) is 19.0. The highest BCUT2D eigenvalue weighted by atomic mass is 16.5. The van der Waals surface area contributed by atoms with Crippen molar-refractivity contribution in [2.45, 2.75) is 44.8 Å². The molecule has 6 N–H and O–H groups in total. The standard InChI is InChI=1S/C19H27N5O3/c1-11-3-7-14(20)18-21-10-16(24-18)13-6-5-12(22-19(26)27-2)9-15(13)23-17(25)8-4-11/h5-6,9-11,14,18,21,24H,3-4,7-8,20H2,1-2H3,(H,22,26)(H,23,25)/t11?,14-,18?/m0/s1. The van der Waals surface area contributed by atoms with Gasteiger partial charge < -0.3 is 26.4 Å². The second-order valence-corrected chi connectivity index (χ2v) is 7.16. The molecule has 2 heterocycles. The molecule has 0 radical (unpaired) electrons. The van der Waals surface area contributed by atoms with Crippen molar-refractivity contribution in [1.29, 1.82) is 0 Å². The molecule has 2 aliphatic heterocycles. The van der Waals surface area contributed by atoms with Gasteiger partial charge in [-0.15, -0.1) is 0 Å². The highest BCUT2D eigenvalue weighted by Gasteiger charge is 2.25. The Morgan fingerprint density at radius 2 is 2.11 bits per heavy atom. The summed E-state index contributed by atoms with van der Waals surface area (Å²) in [4.78, 5) is 23.9. The molecule has 27 heavy (non-hydrogen) atoms.